The van der Waals surface area contributed by atoms with E-state index >= 15 is 0 Å². The summed E-state index contributed by atoms with van der Waals surface area (Å²) in [6.07, 6.45) is 1.33. The van der Waals surface area contributed by atoms with Crippen molar-refractivity contribution in [2.75, 3.05) is 13.1 Å². The van der Waals surface area contributed by atoms with Crippen LogP contribution in [0.3, 0.4) is 0 Å². The fraction of sp³-hybridized carbons (Fsp3) is 0.588. The quantitative estimate of drug-likeness (QED) is 0.792. The third-order valence-electron chi connectivity index (χ3n) is 4.15. The molecule has 1 amide bonds. The molecule has 0 N–H and O–H groups in total. The van der Waals surface area contributed by atoms with Gasteiger partial charge in [-0.3, -0.25) is 14.0 Å². The maximum absolute atomic E-state index is 13.0. The summed E-state index contributed by atoms with van der Waals surface area (Å²) in [7, 11) is 0. The van der Waals surface area contributed by atoms with Crippen molar-refractivity contribution < 1.29 is 9.53 Å². The van der Waals surface area contributed by atoms with Crippen LogP contribution in [0.15, 0.2) is 16.4 Å². The van der Waals surface area contributed by atoms with Gasteiger partial charge in [0.1, 0.15) is 5.56 Å². The lowest BCUT2D eigenvalue weighted by Gasteiger charge is -2.35. The molecule has 1 fully saturated rings. The van der Waals surface area contributed by atoms with Crippen LogP contribution in [0.1, 0.15) is 50.7 Å². The first-order valence-corrected chi connectivity index (χ1v) is 9.01. The Morgan fingerprint density at radius 3 is 2.50 bits per heavy atom. The maximum Gasteiger partial charge on any atom is 0.271 e. The van der Waals surface area contributed by atoms with Crippen molar-refractivity contribution in [1.29, 1.82) is 0 Å². The second-order valence-electron chi connectivity index (χ2n) is 7.43. The van der Waals surface area contributed by atoms with Crippen LogP contribution in [0.4, 0.5) is 0 Å². The third-order valence-corrected chi connectivity index (χ3v) is 4.99. The van der Waals surface area contributed by atoms with Crippen LogP contribution in [0, 0.1) is 0 Å². The first-order valence-electron chi connectivity index (χ1n) is 8.13. The highest BCUT2D eigenvalue weighted by Crippen LogP contribution is 2.25. The summed E-state index contributed by atoms with van der Waals surface area (Å²) in [6, 6.07) is 0. The number of fused-ring (bicyclic) bond motifs is 1. The van der Waals surface area contributed by atoms with E-state index in [-0.39, 0.29) is 34.7 Å². The smallest absolute Gasteiger partial charge is 0.271 e. The topological polar surface area (TPSA) is 63.9 Å². The molecule has 3 heterocycles. The van der Waals surface area contributed by atoms with Gasteiger partial charge in [0.2, 0.25) is 0 Å². The van der Waals surface area contributed by atoms with E-state index in [4.69, 9.17) is 4.74 Å². The Labute approximate surface area is 145 Å². The number of morpholine rings is 1. The average Bonchev–Trinajstić information content (AvgIpc) is 2.91. The number of nitrogens with zero attached hydrogens (tertiary/aromatic N) is 3. The van der Waals surface area contributed by atoms with Crippen LogP contribution >= 0.6 is 11.3 Å². The van der Waals surface area contributed by atoms with E-state index in [2.05, 4.69) is 4.98 Å². The molecule has 2 aromatic rings. The predicted octanol–water partition coefficient (Wildman–Crippen LogP) is 2.30. The molecule has 2 unspecified atom stereocenters. The highest BCUT2D eigenvalue weighted by atomic mass is 32.1. The third kappa shape index (κ3) is 2.98. The van der Waals surface area contributed by atoms with E-state index in [1.807, 2.05) is 40.0 Å². The number of thiazole rings is 1. The molecule has 1 saturated heterocycles. The first kappa shape index (κ1) is 17.1. The Bertz CT molecular complexity index is 824. The Hall–Kier alpha value is -1.73. The zero-order chi connectivity index (χ0) is 17.6. The summed E-state index contributed by atoms with van der Waals surface area (Å²) < 4.78 is 7.24. The molecule has 6 nitrogen and oxygen atoms in total. The molecular weight excluding hydrogens is 326 g/mol. The normalized spacial score (nSPS) is 22.1. The van der Waals surface area contributed by atoms with Gasteiger partial charge in [-0.05, 0) is 13.8 Å². The predicted molar refractivity (Wildman–Crippen MR) is 94.0 cm³/mol. The molecule has 0 aromatic carbocycles. The van der Waals surface area contributed by atoms with E-state index in [0.717, 1.165) is 5.69 Å². The Kier molecular flexibility index (Phi) is 4.25. The van der Waals surface area contributed by atoms with Crippen molar-refractivity contribution in [1.82, 2.24) is 14.3 Å². The van der Waals surface area contributed by atoms with Gasteiger partial charge in [0, 0.05) is 35.8 Å². The second-order valence-corrected chi connectivity index (χ2v) is 8.27. The maximum atomic E-state index is 13.0. The van der Waals surface area contributed by atoms with Gasteiger partial charge >= 0.3 is 0 Å². The molecule has 130 valence electrons. The van der Waals surface area contributed by atoms with Crippen molar-refractivity contribution in [3.05, 3.63) is 33.2 Å². The zero-order valence-corrected chi connectivity index (χ0v) is 15.5. The summed E-state index contributed by atoms with van der Waals surface area (Å²) in [6.45, 7) is 11.0. The minimum Gasteiger partial charge on any atom is -0.372 e. The van der Waals surface area contributed by atoms with Crippen molar-refractivity contribution in [3.8, 4) is 0 Å². The number of amides is 1. The SMILES string of the molecule is CC1CN(C(=O)c2cnc3scc(C(C)(C)C)n3c2=O)CC(C)O1. The van der Waals surface area contributed by atoms with Crippen LogP contribution < -0.4 is 5.56 Å². The largest absolute Gasteiger partial charge is 0.372 e. The molecular formula is C17H23N3O3S. The molecule has 0 spiro atoms. The van der Waals surface area contributed by atoms with Gasteiger partial charge in [-0.25, -0.2) is 4.98 Å². The number of rotatable bonds is 1. The fourth-order valence-corrected chi connectivity index (χ4v) is 4.15. The van der Waals surface area contributed by atoms with Gasteiger partial charge in [0.15, 0.2) is 4.96 Å². The van der Waals surface area contributed by atoms with Crippen molar-refractivity contribution in [3.63, 3.8) is 0 Å². The summed E-state index contributed by atoms with van der Waals surface area (Å²) in [5, 5.41) is 1.94. The summed E-state index contributed by atoms with van der Waals surface area (Å²) in [4.78, 5) is 32.4. The van der Waals surface area contributed by atoms with E-state index in [1.54, 1.807) is 9.30 Å². The van der Waals surface area contributed by atoms with Crippen LogP contribution in [0.5, 0.6) is 0 Å². The van der Waals surface area contributed by atoms with Crippen molar-refractivity contribution in [2.24, 2.45) is 0 Å². The number of carbonyl (C=O) groups is 1. The molecule has 0 saturated carbocycles. The van der Waals surface area contributed by atoms with Crippen LogP contribution in [0.25, 0.3) is 4.96 Å². The van der Waals surface area contributed by atoms with Gasteiger partial charge in [0.05, 0.1) is 12.2 Å². The van der Waals surface area contributed by atoms with Crippen LogP contribution in [-0.2, 0) is 10.2 Å². The number of hydrogen-bond acceptors (Lipinski definition) is 5. The van der Waals surface area contributed by atoms with Gasteiger partial charge in [0.25, 0.3) is 11.5 Å². The molecule has 3 rings (SSSR count). The van der Waals surface area contributed by atoms with E-state index in [1.165, 1.54) is 17.5 Å². The minimum atomic E-state index is -0.289. The summed E-state index contributed by atoms with van der Waals surface area (Å²) in [5.41, 5.74) is 0.506. The Balaban J connectivity index is 2.05. The van der Waals surface area contributed by atoms with Gasteiger partial charge < -0.3 is 9.64 Å². The average molecular weight is 349 g/mol. The Morgan fingerprint density at radius 2 is 1.92 bits per heavy atom. The lowest BCUT2D eigenvalue weighted by molar-refractivity contribution is -0.0586. The van der Waals surface area contributed by atoms with Crippen molar-refractivity contribution in [2.45, 2.75) is 52.2 Å². The van der Waals surface area contributed by atoms with Gasteiger partial charge in [-0.1, -0.05) is 20.8 Å². The number of carbonyl (C=O) groups excluding carboxylic acids is 1. The number of ether oxygens (including phenoxy) is 1. The molecule has 0 aliphatic carbocycles. The van der Waals surface area contributed by atoms with Gasteiger partial charge in [-0.15, -0.1) is 11.3 Å². The molecule has 2 atom stereocenters. The molecule has 2 aromatic heterocycles. The standard InChI is InChI=1S/C17H23N3O3S/c1-10-7-19(8-11(2)23-10)14(21)12-6-18-16-20(15(12)22)13(9-24-16)17(3,4)5/h6,9-11H,7-8H2,1-5H3. The van der Waals surface area contributed by atoms with Crippen LogP contribution in [0.2, 0.25) is 0 Å². The molecule has 0 radical (unpaired) electrons. The monoisotopic (exact) mass is 349 g/mol. The Morgan fingerprint density at radius 1 is 1.29 bits per heavy atom. The zero-order valence-electron chi connectivity index (χ0n) is 14.7. The molecule has 1 aliphatic heterocycles. The van der Waals surface area contributed by atoms with E-state index in [0.29, 0.717) is 18.1 Å². The highest BCUT2D eigenvalue weighted by Gasteiger charge is 2.29. The summed E-state index contributed by atoms with van der Waals surface area (Å²) in [5.74, 6) is -0.269. The molecule has 7 heteroatoms. The van der Waals surface area contributed by atoms with E-state index in [9.17, 15) is 9.59 Å². The lowest BCUT2D eigenvalue weighted by Crippen LogP contribution is -2.49. The van der Waals surface area contributed by atoms with Crippen LogP contribution in [-0.4, -0.2) is 45.5 Å². The van der Waals surface area contributed by atoms with Crippen molar-refractivity contribution >= 4 is 22.2 Å². The number of hydrogen-bond donors (Lipinski definition) is 0. The first-order chi connectivity index (χ1) is 11.2. The minimum absolute atomic E-state index is 0.0385. The summed E-state index contributed by atoms with van der Waals surface area (Å²) >= 11 is 1.42. The highest BCUT2D eigenvalue weighted by molar-refractivity contribution is 7.15. The van der Waals surface area contributed by atoms with E-state index < -0.39 is 0 Å². The fourth-order valence-electron chi connectivity index (χ4n) is 3.07. The lowest BCUT2D eigenvalue weighted by atomic mass is 9.93. The second kappa shape index (κ2) is 5.97. The number of aromatic nitrogens is 2. The molecule has 0 bridgehead atoms. The molecule has 1 aliphatic rings. The molecule has 24 heavy (non-hydrogen) atoms. The van der Waals surface area contributed by atoms with Gasteiger partial charge in [-0.2, -0.15) is 0 Å².